The van der Waals surface area contributed by atoms with E-state index >= 15 is 0 Å². The van der Waals surface area contributed by atoms with Gasteiger partial charge in [0, 0.05) is 18.0 Å². The standard InChI is InChI=1S/C12H12N2O/c1-7-11-10(14(2)12(7)13)8-5-3-4-6-9(8)15-11/h3-6H,13H2,1-2H3. The predicted molar refractivity (Wildman–Crippen MR) is 61.8 cm³/mol. The van der Waals surface area contributed by atoms with Gasteiger partial charge in [-0.3, -0.25) is 0 Å². The number of aromatic nitrogens is 1. The van der Waals surface area contributed by atoms with Gasteiger partial charge in [-0.25, -0.2) is 0 Å². The number of hydrogen-bond donors (Lipinski definition) is 1. The van der Waals surface area contributed by atoms with Crippen LogP contribution in [-0.2, 0) is 7.05 Å². The molecule has 0 amide bonds. The molecule has 76 valence electrons. The molecular formula is C12H12N2O. The highest BCUT2D eigenvalue weighted by molar-refractivity contribution is 6.06. The summed E-state index contributed by atoms with van der Waals surface area (Å²) in [6.45, 7) is 1.99. The molecule has 0 bridgehead atoms. The molecule has 2 heterocycles. The van der Waals surface area contributed by atoms with E-state index in [1.807, 2.05) is 36.7 Å². The van der Waals surface area contributed by atoms with E-state index in [4.69, 9.17) is 10.2 Å². The third kappa shape index (κ3) is 0.897. The summed E-state index contributed by atoms with van der Waals surface area (Å²) in [6.07, 6.45) is 0. The lowest BCUT2D eigenvalue weighted by atomic mass is 10.2. The first kappa shape index (κ1) is 8.41. The highest BCUT2D eigenvalue weighted by Gasteiger charge is 2.16. The summed E-state index contributed by atoms with van der Waals surface area (Å²) < 4.78 is 7.77. The molecule has 0 fully saturated rings. The Morgan fingerprint density at radius 3 is 2.80 bits per heavy atom. The molecule has 3 aromatic rings. The van der Waals surface area contributed by atoms with Gasteiger partial charge in [0.25, 0.3) is 0 Å². The molecule has 3 heteroatoms. The quantitative estimate of drug-likeness (QED) is 0.606. The molecule has 0 aliphatic rings. The lowest BCUT2D eigenvalue weighted by molar-refractivity contribution is 0.667. The predicted octanol–water partition coefficient (Wildman–Crippen LogP) is 2.82. The van der Waals surface area contributed by atoms with E-state index in [-0.39, 0.29) is 0 Å². The van der Waals surface area contributed by atoms with Crippen molar-refractivity contribution in [1.82, 2.24) is 4.57 Å². The van der Waals surface area contributed by atoms with Crippen LogP contribution in [0.4, 0.5) is 5.82 Å². The Bertz CT molecular complexity index is 661. The third-order valence-electron chi connectivity index (χ3n) is 2.99. The van der Waals surface area contributed by atoms with Crippen LogP contribution in [0.2, 0.25) is 0 Å². The number of benzene rings is 1. The maximum absolute atomic E-state index is 5.95. The number of para-hydroxylation sites is 1. The normalized spacial score (nSPS) is 11.6. The van der Waals surface area contributed by atoms with Crippen LogP contribution in [0.15, 0.2) is 28.7 Å². The van der Waals surface area contributed by atoms with Gasteiger partial charge in [0.15, 0.2) is 5.58 Å². The van der Waals surface area contributed by atoms with Crippen molar-refractivity contribution in [2.45, 2.75) is 6.92 Å². The summed E-state index contributed by atoms with van der Waals surface area (Å²) in [5, 5.41) is 1.12. The molecule has 2 aromatic heterocycles. The molecule has 1 aromatic carbocycles. The lowest BCUT2D eigenvalue weighted by Crippen LogP contribution is -1.96. The number of anilines is 1. The maximum atomic E-state index is 5.95. The van der Waals surface area contributed by atoms with Gasteiger partial charge in [-0.05, 0) is 19.1 Å². The number of aryl methyl sites for hydroxylation is 2. The van der Waals surface area contributed by atoms with Gasteiger partial charge >= 0.3 is 0 Å². The Hall–Kier alpha value is -1.90. The second-order valence-corrected chi connectivity index (χ2v) is 3.85. The molecule has 0 atom stereocenters. The Balaban J connectivity index is 2.65. The molecule has 0 saturated carbocycles. The van der Waals surface area contributed by atoms with Crippen molar-refractivity contribution in [3.63, 3.8) is 0 Å². The van der Waals surface area contributed by atoms with E-state index in [9.17, 15) is 0 Å². The van der Waals surface area contributed by atoms with Gasteiger partial charge in [0.1, 0.15) is 11.4 Å². The van der Waals surface area contributed by atoms with Gasteiger partial charge in [0.2, 0.25) is 0 Å². The smallest absolute Gasteiger partial charge is 0.158 e. The fourth-order valence-electron chi connectivity index (χ4n) is 2.11. The molecule has 2 N–H and O–H groups in total. The first-order valence-corrected chi connectivity index (χ1v) is 4.92. The van der Waals surface area contributed by atoms with Gasteiger partial charge < -0.3 is 14.7 Å². The minimum atomic E-state index is 0.773. The molecule has 0 radical (unpaired) electrons. The average Bonchev–Trinajstić information content (AvgIpc) is 2.72. The molecule has 3 nitrogen and oxygen atoms in total. The van der Waals surface area contributed by atoms with Crippen molar-refractivity contribution >= 4 is 27.9 Å². The zero-order valence-electron chi connectivity index (χ0n) is 8.74. The number of furan rings is 1. The Labute approximate surface area is 87.1 Å². The molecule has 0 aliphatic carbocycles. The van der Waals surface area contributed by atoms with Gasteiger partial charge in [-0.15, -0.1) is 0 Å². The van der Waals surface area contributed by atoms with Gasteiger partial charge in [-0.1, -0.05) is 12.1 Å². The van der Waals surface area contributed by atoms with Crippen LogP contribution in [0.25, 0.3) is 22.1 Å². The summed E-state index contributed by atoms with van der Waals surface area (Å²) >= 11 is 0. The third-order valence-corrected chi connectivity index (χ3v) is 2.99. The first-order chi connectivity index (χ1) is 7.20. The number of hydrogen-bond acceptors (Lipinski definition) is 2. The molecule has 0 saturated heterocycles. The minimum absolute atomic E-state index is 0.773. The number of nitrogen functional groups attached to an aromatic ring is 1. The summed E-state index contributed by atoms with van der Waals surface area (Å²) in [7, 11) is 1.96. The summed E-state index contributed by atoms with van der Waals surface area (Å²) in [5.41, 5.74) is 9.87. The molecule has 0 unspecified atom stereocenters. The topological polar surface area (TPSA) is 44.1 Å². The zero-order valence-corrected chi connectivity index (χ0v) is 8.74. The molecule has 0 aliphatic heterocycles. The number of nitrogens with two attached hydrogens (primary N) is 1. The van der Waals surface area contributed by atoms with E-state index < -0.39 is 0 Å². The molecule has 0 spiro atoms. The number of rotatable bonds is 0. The van der Waals surface area contributed by atoms with Crippen LogP contribution >= 0.6 is 0 Å². The monoisotopic (exact) mass is 200 g/mol. The van der Waals surface area contributed by atoms with Crippen molar-refractivity contribution in [2.75, 3.05) is 5.73 Å². The summed E-state index contributed by atoms with van der Waals surface area (Å²) in [4.78, 5) is 0. The largest absolute Gasteiger partial charge is 0.454 e. The van der Waals surface area contributed by atoms with E-state index in [1.165, 1.54) is 0 Å². The van der Waals surface area contributed by atoms with Gasteiger partial charge in [0.05, 0.1) is 5.52 Å². The van der Waals surface area contributed by atoms with Crippen LogP contribution < -0.4 is 5.73 Å². The Morgan fingerprint density at radius 1 is 1.27 bits per heavy atom. The van der Waals surface area contributed by atoms with E-state index in [1.54, 1.807) is 0 Å². The fourth-order valence-corrected chi connectivity index (χ4v) is 2.11. The second-order valence-electron chi connectivity index (χ2n) is 3.85. The van der Waals surface area contributed by atoms with Crippen LogP contribution in [0.1, 0.15) is 5.56 Å². The summed E-state index contributed by atoms with van der Waals surface area (Å²) in [6, 6.07) is 8.02. The van der Waals surface area contributed by atoms with Crippen LogP contribution in [0, 0.1) is 6.92 Å². The van der Waals surface area contributed by atoms with E-state index in [0.29, 0.717) is 0 Å². The van der Waals surface area contributed by atoms with Crippen molar-refractivity contribution in [3.8, 4) is 0 Å². The van der Waals surface area contributed by atoms with E-state index in [0.717, 1.165) is 33.5 Å². The first-order valence-electron chi connectivity index (χ1n) is 4.92. The van der Waals surface area contributed by atoms with Crippen LogP contribution in [0.3, 0.4) is 0 Å². The van der Waals surface area contributed by atoms with Crippen molar-refractivity contribution in [2.24, 2.45) is 7.05 Å². The Kier molecular flexibility index (Phi) is 1.44. The van der Waals surface area contributed by atoms with Crippen LogP contribution in [0.5, 0.6) is 0 Å². The maximum Gasteiger partial charge on any atom is 0.158 e. The second kappa shape index (κ2) is 2.57. The molecular weight excluding hydrogens is 188 g/mol. The Morgan fingerprint density at radius 2 is 2.00 bits per heavy atom. The zero-order chi connectivity index (χ0) is 10.6. The fraction of sp³-hybridized carbons (Fsp3) is 0.167. The lowest BCUT2D eigenvalue weighted by Gasteiger charge is -1.97. The highest BCUT2D eigenvalue weighted by Crippen LogP contribution is 2.34. The number of nitrogens with zero attached hydrogens (tertiary/aromatic N) is 1. The number of fused-ring (bicyclic) bond motifs is 3. The van der Waals surface area contributed by atoms with Crippen LogP contribution in [-0.4, -0.2) is 4.57 Å². The van der Waals surface area contributed by atoms with Crippen molar-refractivity contribution in [3.05, 3.63) is 29.8 Å². The minimum Gasteiger partial charge on any atom is -0.454 e. The average molecular weight is 200 g/mol. The molecule has 15 heavy (non-hydrogen) atoms. The SMILES string of the molecule is Cc1c(N)n(C)c2c1oc1ccccc12. The molecule has 3 rings (SSSR count). The van der Waals surface area contributed by atoms with Crippen molar-refractivity contribution in [1.29, 1.82) is 0 Å². The summed E-state index contributed by atoms with van der Waals surface area (Å²) in [5.74, 6) is 0.773. The van der Waals surface area contributed by atoms with Gasteiger partial charge in [-0.2, -0.15) is 0 Å². The van der Waals surface area contributed by atoms with Crippen molar-refractivity contribution < 1.29 is 4.42 Å². The highest BCUT2D eigenvalue weighted by atomic mass is 16.3. The van der Waals surface area contributed by atoms with E-state index in [2.05, 4.69) is 6.07 Å².